The molecule has 192 valence electrons. The summed E-state index contributed by atoms with van der Waals surface area (Å²) in [5.41, 5.74) is 2.55. The summed E-state index contributed by atoms with van der Waals surface area (Å²) in [6.45, 7) is 8.81. The van der Waals surface area contributed by atoms with E-state index < -0.39 is 0 Å². The molecule has 36 heavy (non-hydrogen) atoms. The highest BCUT2D eigenvalue weighted by Gasteiger charge is 2.55. The first-order valence-corrected chi connectivity index (χ1v) is 12.8. The Bertz CT molecular complexity index is 1160. The van der Waals surface area contributed by atoms with Gasteiger partial charge in [0.05, 0.1) is 19.2 Å². The molecule has 7 heteroatoms. The van der Waals surface area contributed by atoms with E-state index in [9.17, 15) is 9.30 Å². The van der Waals surface area contributed by atoms with Gasteiger partial charge in [0.25, 0.3) is 0 Å². The van der Waals surface area contributed by atoms with Crippen molar-refractivity contribution in [1.29, 1.82) is 0 Å². The van der Waals surface area contributed by atoms with Gasteiger partial charge in [0.15, 0.2) is 11.5 Å². The summed E-state index contributed by atoms with van der Waals surface area (Å²) in [7, 11) is 1.62. The van der Waals surface area contributed by atoms with Gasteiger partial charge in [0.2, 0.25) is 0 Å². The number of aromatic nitrogens is 1. The van der Waals surface area contributed by atoms with Crippen LogP contribution >= 0.6 is 0 Å². The summed E-state index contributed by atoms with van der Waals surface area (Å²) in [5, 5.41) is 4.27. The van der Waals surface area contributed by atoms with Crippen LogP contribution in [0.4, 0.5) is 4.39 Å². The average molecular weight is 494 g/mol. The number of hydrogen-bond acceptors (Lipinski definition) is 6. The number of pyridine rings is 1. The van der Waals surface area contributed by atoms with E-state index in [4.69, 9.17) is 9.47 Å². The molecule has 0 bridgehead atoms. The molecule has 1 saturated heterocycles. The molecule has 0 N–H and O–H groups in total. The fourth-order valence-electron chi connectivity index (χ4n) is 5.12. The van der Waals surface area contributed by atoms with Gasteiger partial charge in [-0.15, -0.1) is 6.58 Å². The molecular weight excluding hydrogens is 457 g/mol. The molecule has 4 rings (SSSR count). The summed E-state index contributed by atoms with van der Waals surface area (Å²) in [6, 6.07) is 5.69. The number of hydrogen-bond donors (Lipinski definition) is 0. The highest BCUT2D eigenvalue weighted by atomic mass is 19.1. The zero-order chi connectivity index (χ0) is 25.5. The molecule has 1 unspecified atom stereocenters. The van der Waals surface area contributed by atoms with E-state index in [2.05, 4.69) is 21.6 Å². The molecule has 2 heterocycles. The highest BCUT2D eigenvalue weighted by molar-refractivity contribution is 5.86. The lowest BCUT2D eigenvalue weighted by Crippen LogP contribution is -2.24. The standard InChI is InChI=1S/C29H36FN3O3/c1-4-6-9-22(24(30)8-5-2)16-21-10-13-31-25-18-27(26(35-3)17-23(21)25)36-15-7-14-33-19-28(32-34)29(20-33)11-12-29/h4,8-10,13,17-18,28H,1,5-7,11-12,14-16,19-20H2,2-3H3/b22-9-,24-8+. The minimum Gasteiger partial charge on any atom is -0.493 e. The van der Waals surface area contributed by atoms with E-state index in [1.165, 1.54) is 0 Å². The normalized spacial score (nSPS) is 19.6. The molecule has 1 aromatic heterocycles. The molecule has 1 spiro atoms. The number of nitroso groups, excluding NO2 is 1. The summed E-state index contributed by atoms with van der Waals surface area (Å²) in [4.78, 5) is 18.0. The lowest BCUT2D eigenvalue weighted by atomic mass is 9.99. The second-order valence-corrected chi connectivity index (χ2v) is 9.80. The number of rotatable bonds is 13. The van der Waals surface area contributed by atoms with Crippen LogP contribution in [0.5, 0.6) is 11.5 Å². The van der Waals surface area contributed by atoms with E-state index in [1.807, 2.05) is 31.2 Å². The predicted octanol–water partition coefficient (Wildman–Crippen LogP) is 6.55. The Hall–Kier alpha value is -3.06. The Balaban J connectivity index is 1.45. The van der Waals surface area contributed by atoms with Crippen molar-refractivity contribution in [2.24, 2.45) is 10.6 Å². The topological polar surface area (TPSA) is 64.0 Å². The van der Waals surface area contributed by atoms with Crippen LogP contribution < -0.4 is 9.47 Å². The third kappa shape index (κ3) is 5.84. The highest BCUT2D eigenvalue weighted by Crippen LogP contribution is 2.54. The molecule has 2 aliphatic rings. The van der Waals surface area contributed by atoms with Crippen molar-refractivity contribution in [2.75, 3.05) is 33.4 Å². The fourth-order valence-corrected chi connectivity index (χ4v) is 5.12. The lowest BCUT2D eigenvalue weighted by Gasteiger charge is -2.17. The van der Waals surface area contributed by atoms with Gasteiger partial charge < -0.3 is 14.4 Å². The van der Waals surface area contributed by atoms with E-state index in [0.29, 0.717) is 42.9 Å². The molecule has 1 aliphatic heterocycles. The van der Waals surface area contributed by atoms with E-state index in [-0.39, 0.29) is 17.3 Å². The van der Waals surface area contributed by atoms with Crippen molar-refractivity contribution in [3.63, 3.8) is 0 Å². The second-order valence-electron chi connectivity index (χ2n) is 9.80. The van der Waals surface area contributed by atoms with Crippen molar-refractivity contribution < 1.29 is 13.9 Å². The number of allylic oxidation sites excluding steroid dienone is 5. The minimum absolute atomic E-state index is 0.0580. The van der Waals surface area contributed by atoms with Gasteiger partial charge >= 0.3 is 0 Å². The summed E-state index contributed by atoms with van der Waals surface area (Å²) in [6.07, 6.45) is 11.8. The van der Waals surface area contributed by atoms with Gasteiger partial charge in [-0.1, -0.05) is 24.3 Å². The number of methoxy groups -OCH3 is 1. The lowest BCUT2D eigenvalue weighted by molar-refractivity contribution is 0.249. The maximum atomic E-state index is 14.7. The van der Waals surface area contributed by atoms with Crippen molar-refractivity contribution in [3.8, 4) is 11.5 Å². The zero-order valence-electron chi connectivity index (χ0n) is 21.3. The van der Waals surface area contributed by atoms with Crippen molar-refractivity contribution >= 4 is 10.9 Å². The smallest absolute Gasteiger partial charge is 0.163 e. The first-order valence-electron chi connectivity index (χ1n) is 12.8. The molecular formula is C29H36FN3O3. The summed E-state index contributed by atoms with van der Waals surface area (Å²) >= 11 is 0. The molecule has 0 amide bonds. The van der Waals surface area contributed by atoms with Crippen LogP contribution in [-0.4, -0.2) is 49.3 Å². The Morgan fingerprint density at radius 2 is 2.17 bits per heavy atom. The molecule has 1 aliphatic carbocycles. The van der Waals surface area contributed by atoms with Crippen LogP contribution in [-0.2, 0) is 6.42 Å². The predicted molar refractivity (Wildman–Crippen MR) is 142 cm³/mol. The molecule has 1 saturated carbocycles. The number of benzene rings is 1. The maximum absolute atomic E-state index is 14.7. The maximum Gasteiger partial charge on any atom is 0.163 e. The Labute approximate surface area is 212 Å². The van der Waals surface area contributed by atoms with Crippen molar-refractivity contribution in [1.82, 2.24) is 9.88 Å². The molecule has 2 fully saturated rings. The first kappa shape index (κ1) is 26.0. The quantitative estimate of drug-likeness (QED) is 0.137. The summed E-state index contributed by atoms with van der Waals surface area (Å²) in [5.74, 6) is 1.07. The SMILES string of the molecule is C=CC/C=C(Cc1ccnc2cc(OCCCN3CC(N=O)C4(CC4)C3)c(OC)cc12)\C(F)=C/CC. The Morgan fingerprint density at radius 1 is 1.33 bits per heavy atom. The van der Waals surface area contributed by atoms with E-state index in [1.54, 1.807) is 25.5 Å². The van der Waals surface area contributed by atoms with Gasteiger partial charge in [0, 0.05) is 49.1 Å². The third-order valence-corrected chi connectivity index (χ3v) is 7.29. The monoisotopic (exact) mass is 493 g/mol. The third-order valence-electron chi connectivity index (χ3n) is 7.29. The number of likely N-dealkylation sites (tertiary alicyclic amines) is 1. The van der Waals surface area contributed by atoms with Crippen LogP contribution in [0.25, 0.3) is 10.9 Å². The fraction of sp³-hybridized carbons (Fsp3) is 0.483. The van der Waals surface area contributed by atoms with Crippen molar-refractivity contribution in [3.05, 3.63) is 71.1 Å². The first-order chi connectivity index (χ1) is 17.5. The number of nitrogens with zero attached hydrogens (tertiary/aromatic N) is 3. The summed E-state index contributed by atoms with van der Waals surface area (Å²) < 4.78 is 26.5. The Kier molecular flexibility index (Phi) is 8.52. The Morgan fingerprint density at radius 3 is 2.83 bits per heavy atom. The number of ether oxygens (including phenoxy) is 2. The minimum atomic E-state index is -0.197. The van der Waals surface area contributed by atoms with E-state index >= 15 is 0 Å². The molecule has 1 atom stereocenters. The molecule has 2 aromatic rings. The molecule has 1 aromatic carbocycles. The van der Waals surface area contributed by atoms with Gasteiger partial charge in [0.1, 0.15) is 11.9 Å². The van der Waals surface area contributed by atoms with Crippen LogP contribution in [0, 0.1) is 10.3 Å². The number of halogens is 1. The largest absolute Gasteiger partial charge is 0.493 e. The van der Waals surface area contributed by atoms with Crippen molar-refractivity contribution in [2.45, 2.75) is 51.5 Å². The van der Waals surface area contributed by atoms with Gasteiger partial charge in [-0.3, -0.25) is 4.98 Å². The van der Waals surface area contributed by atoms with Crippen LogP contribution in [0.3, 0.4) is 0 Å². The zero-order valence-corrected chi connectivity index (χ0v) is 21.3. The van der Waals surface area contributed by atoms with Crippen LogP contribution in [0.1, 0.15) is 44.6 Å². The second kappa shape index (κ2) is 11.8. The van der Waals surface area contributed by atoms with Gasteiger partial charge in [-0.2, -0.15) is 4.91 Å². The van der Waals surface area contributed by atoms with E-state index in [0.717, 1.165) is 55.4 Å². The van der Waals surface area contributed by atoms with Gasteiger partial charge in [-0.25, -0.2) is 4.39 Å². The van der Waals surface area contributed by atoms with Crippen LogP contribution in [0.2, 0.25) is 0 Å². The number of fused-ring (bicyclic) bond motifs is 1. The van der Waals surface area contributed by atoms with Crippen LogP contribution in [0.15, 0.2) is 65.8 Å². The molecule has 6 nitrogen and oxygen atoms in total. The van der Waals surface area contributed by atoms with Gasteiger partial charge in [-0.05, 0) is 61.4 Å². The average Bonchev–Trinajstić information content (AvgIpc) is 3.57. The molecule has 0 radical (unpaired) electrons.